The topological polar surface area (TPSA) is 72.6 Å². The van der Waals surface area contributed by atoms with E-state index in [1.54, 1.807) is 24.3 Å². The normalized spacial score (nSPS) is 23.4. The van der Waals surface area contributed by atoms with Gasteiger partial charge in [-0.2, -0.15) is 0 Å². The minimum Gasteiger partial charge on any atom is -0.313 e. The highest BCUT2D eigenvalue weighted by Gasteiger charge is 2.16. The fourth-order valence-corrected chi connectivity index (χ4v) is 1.15. The lowest BCUT2D eigenvalue weighted by atomic mass is 10.4. The van der Waals surface area contributed by atoms with Crippen molar-refractivity contribution in [1.82, 2.24) is 0 Å². The summed E-state index contributed by atoms with van der Waals surface area (Å²) in [6.45, 7) is 0. The van der Waals surface area contributed by atoms with Crippen LogP contribution in [0.4, 0.5) is 0 Å². The highest BCUT2D eigenvalue weighted by Crippen LogP contribution is 2.34. The van der Waals surface area contributed by atoms with Crippen molar-refractivity contribution in [2.45, 2.75) is 6.10 Å². The predicted molar refractivity (Wildman–Crippen MR) is 37.2 cm³/mol. The molecule has 1 unspecified atom stereocenters. The van der Waals surface area contributed by atoms with Crippen molar-refractivity contribution in [2.24, 2.45) is 5.50 Å². The predicted octanol–water partition coefficient (Wildman–Crippen LogP) is 0.557. The van der Waals surface area contributed by atoms with Crippen LogP contribution in [0.2, 0.25) is 0 Å². The van der Waals surface area contributed by atoms with Crippen molar-refractivity contribution < 1.29 is 14.0 Å². The minimum atomic E-state index is -3.82. The molecule has 1 aliphatic rings. The van der Waals surface area contributed by atoms with Crippen LogP contribution in [0, 0.1) is 0 Å². The molecule has 5 heteroatoms. The van der Waals surface area contributed by atoms with Gasteiger partial charge in [0.2, 0.25) is 0 Å². The molecule has 0 bridgehead atoms. The molecule has 4 nitrogen and oxygen atoms in total. The van der Waals surface area contributed by atoms with Gasteiger partial charge < -0.3 is 4.89 Å². The third-order valence-electron chi connectivity index (χ3n) is 0.985. The van der Waals surface area contributed by atoms with E-state index in [0.717, 1.165) is 0 Å². The van der Waals surface area contributed by atoms with Crippen molar-refractivity contribution in [1.29, 1.82) is 0 Å². The molecule has 0 fully saturated rings. The van der Waals surface area contributed by atoms with Gasteiger partial charge in [0.25, 0.3) is 0 Å². The molecule has 0 saturated carbocycles. The van der Waals surface area contributed by atoms with Crippen LogP contribution in [0.3, 0.4) is 0 Å². The average molecular weight is 161 g/mol. The van der Waals surface area contributed by atoms with E-state index < -0.39 is 13.9 Å². The van der Waals surface area contributed by atoms with E-state index in [9.17, 15) is 4.57 Å². The van der Waals surface area contributed by atoms with Gasteiger partial charge in [0.05, 0.1) is 0 Å². The Morgan fingerprint density at radius 2 is 2.00 bits per heavy atom. The molecular weight excluding hydrogens is 153 g/mol. The highest BCUT2D eigenvalue weighted by atomic mass is 31.2. The maximum Gasteiger partial charge on any atom is 0.401 e. The van der Waals surface area contributed by atoms with Crippen LogP contribution in [0.15, 0.2) is 24.3 Å². The first-order chi connectivity index (χ1) is 4.58. The molecule has 0 saturated heterocycles. The lowest BCUT2D eigenvalue weighted by Crippen LogP contribution is -2.06. The van der Waals surface area contributed by atoms with Gasteiger partial charge in [-0.05, 0) is 0 Å². The molecule has 1 aliphatic carbocycles. The average Bonchev–Trinajstić information content (AvgIpc) is 2.12. The smallest absolute Gasteiger partial charge is 0.313 e. The van der Waals surface area contributed by atoms with Gasteiger partial charge in [-0.1, -0.05) is 24.3 Å². The van der Waals surface area contributed by atoms with Crippen molar-refractivity contribution in [3.63, 3.8) is 0 Å². The van der Waals surface area contributed by atoms with E-state index in [2.05, 4.69) is 4.52 Å². The van der Waals surface area contributed by atoms with Crippen LogP contribution in [0.1, 0.15) is 0 Å². The Labute approximate surface area is 58.6 Å². The summed E-state index contributed by atoms with van der Waals surface area (Å²) in [6, 6.07) is 0. The number of rotatable bonds is 2. The molecular formula is C5H8NO3P. The number of hydrogen-bond acceptors (Lipinski definition) is 2. The molecule has 10 heavy (non-hydrogen) atoms. The SMILES string of the molecule is NP(=O)(O)OC1C=CC=C1. The molecule has 0 heterocycles. The van der Waals surface area contributed by atoms with Gasteiger partial charge in [-0.15, -0.1) is 0 Å². The van der Waals surface area contributed by atoms with Gasteiger partial charge in [0, 0.05) is 0 Å². The van der Waals surface area contributed by atoms with E-state index in [1.807, 2.05) is 0 Å². The summed E-state index contributed by atoms with van der Waals surface area (Å²) in [5.74, 6) is 0. The summed E-state index contributed by atoms with van der Waals surface area (Å²) in [4.78, 5) is 8.52. The first kappa shape index (κ1) is 7.69. The summed E-state index contributed by atoms with van der Waals surface area (Å²) in [5, 5.41) is 0. The summed E-state index contributed by atoms with van der Waals surface area (Å²) in [7, 11) is -3.82. The molecule has 0 spiro atoms. The highest BCUT2D eigenvalue weighted by molar-refractivity contribution is 7.50. The maximum absolute atomic E-state index is 10.4. The fraction of sp³-hybridized carbons (Fsp3) is 0.200. The Hall–Kier alpha value is -0.410. The zero-order valence-corrected chi connectivity index (χ0v) is 6.07. The second-order valence-corrected chi connectivity index (χ2v) is 3.24. The largest absolute Gasteiger partial charge is 0.401 e. The Kier molecular flexibility index (Phi) is 2.06. The Morgan fingerprint density at radius 3 is 2.40 bits per heavy atom. The standard InChI is InChI=1S/C5H8NO3P/c6-10(7,8)9-5-3-1-2-4-5/h1-5H,(H3,6,7,8). The second kappa shape index (κ2) is 2.68. The van der Waals surface area contributed by atoms with Gasteiger partial charge in [-0.3, -0.25) is 4.52 Å². The quantitative estimate of drug-likeness (QED) is 0.580. The van der Waals surface area contributed by atoms with Gasteiger partial charge in [0.1, 0.15) is 6.10 Å². The van der Waals surface area contributed by atoms with Crippen molar-refractivity contribution in [2.75, 3.05) is 0 Å². The number of hydrogen-bond donors (Lipinski definition) is 2. The summed E-state index contributed by atoms with van der Waals surface area (Å²) in [5.41, 5.74) is 4.74. The molecule has 0 aliphatic heterocycles. The Balaban J connectivity index is 2.47. The minimum absolute atomic E-state index is 0.444. The van der Waals surface area contributed by atoms with Gasteiger partial charge >= 0.3 is 7.75 Å². The summed E-state index contributed by atoms with van der Waals surface area (Å²) < 4.78 is 14.9. The lowest BCUT2D eigenvalue weighted by molar-refractivity contribution is 0.246. The van der Waals surface area contributed by atoms with E-state index in [-0.39, 0.29) is 0 Å². The Bertz CT molecular complexity index is 205. The molecule has 56 valence electrons. The number of nitrogens with two attached hydrogens (primary N) is 1. The molecule has 1 rings (SSSR count). The lowest BCUT2D eigenvalue weighted by Gasteiger charge is -2.08. The molecule has 1 atom stereocenters. The van der Waals surface area contributed by atoms with Crippen LogP contribution >= 0.6 is 7.75 Å². The van der Waals surface area contributed by atoms with Crippen LogP contribution in [0.25, 0.3) is 0 Å². The van der Waals surface area contributed by atoms with E-state index >= 15 is 0 Å². The fourth-order valence-electron chi connectivity index (χ4n) is 0.656. The molecule has 0 aromatic carbocycles. The second-order valence-electron chi connectivity index (χ2n) is 1.90. The van der Waals surface area contributed by atoms with Crippen LogP contribution in [0.5, 0.6) is 0 Å². The molecule has 3 N–H and O–H groups in total. The van der Waals surface area contributed by atoms with Crippen LogP contribution in [-0.4, -0.2) is 11.0 Å². The maximum atomic E-state index is 10.4. The first-order valence-corrected chi connectivity index (χ1v) is 4.37. The summed E-state index contributed by atoms with van der Waals surface area (Å²) >= 11 is 0. The van der Waals surface area contributed by atoms with Crippen molar-refractivity contribution in [3.8, 4) is 0 Å². The third-order valence-corrected chi connectivity index (χ3v) is 1.53. The zero-order chi connectivity index (χ0) is 7.61. The Morgan fingerprint density at radius 1 is 1.50 bits per heavy atom. The third kappa shape index (κ3) is 2.45. The summed E-state index contributed by atoms with van der Waals surface area (Å²) in [6.07, 6.45) is 6.27. The van der Waals surface area contributed by atoms with Crippen molar-refractivity contribution in [3.05, 3.63) is 24.3 Å². The van der Waals surface area contributed by atoms with E-state index in [4.69, 9.17) is 10.4 Å². The molecule has 0 amide bonds. The molecule has 0 radical (unpaired) electrons. The van der Waals surface area contributed by atoms with Gasteiger partial charge in [-0.25, -0.2) is 10.1 Å². The van der Waals surface area contributed by atoms with Crippen LogP contribution < -0.4 is 5.50 Å². The molecule has 0 aromatic rings. The number of allylic oxidation sites excluding steroid dienone is 2. The van der Waals surface area contributed by atoms with E-state index in [1.165, 1.54) is 0 Å². The van der Waals surface area contributed by atoms with Gasteiger partial charge in [0.15, 0.2) is 0 Å². The van der Waals surface area contributed by atoms with Crippen LogP contribution in [-0.2, 0) is 9.09 Å². The van der Waals surface area contributed by atoms with E-state index in [0.29, 0.717) is 0 Å². The van der Waals surface area contributed by atoms with Crippen molar-refractivity contribution >= 4 is 7.75 Å². The first-order valence-electron chi connectivity index (χ1n) is 2.73. The molecule has 0 aromatic heterocycles. The monoisotopic (exact) mass is 161 g/mol. The zero-order valence-electron chi connectivity index (χ0n) is 5.18.